The van der Waals surface area contributed by atoms with E-state index in [0.717, 1.165) is 38.5 Å². The minimum Gasteiger partial charge on any atom is -0.467 e. The summed E-state index contributed by atoms with van der Waals surface area (Å²) in [6.07, 6.45) is 8.69. The number of nitrogens with zero attached hydrogens (tertiary/aromatic N) is 1. The van der Waals surface area contributed by atoms with E-state index in [1.54, 1.807) is 12.1 Å². The number of amides is 1. The molecule has 1 aliphatic rings. The van der Waals surface area contributed by atoms with Gasteiger partial charge in [-0.3, -0.25) is 4.79 Å². The Morgan fingerprint density at radius 2 is 2.00 bits per heavy atom. The van der Waals surface area contributed by atoms with Crippen molar-refractivity contribution < 1.29 is 17.6 Å². The Morgan fingerprint density at radius 3 is 2.55 bits per heavy atom. The summed E-state index contributed by atoms with van der Waals surface area (Å²) in [6, 6.07) is 3.45. The van der Waals surface area contributed by atoms with Crippen molar-refractivity contribution in [3.63, 3.8) is 0 Å². The fraction of sp³-hybridized carbons (Fsp3) is 0.667. The molecule has 22 heavy (non-hydrogen) atoms. The summed E-state index contributed by atoms with van der Waals surface area (Å²) in [5, 5.41) is 2.70. The number of hydrogen-bond acceptors (Lipinski definition) is 4. The van der Waals surface area contributed by atoms with Gasteiger partial charge in [0, 0.05) is 6.04 Å². The van der Waals surface area contributed by atoms with Gasteiger partial charge in [-0.2, -0.15) is 4.31 Å². The van der Waals surface area contributed by atoms with Crippen LogP contribution in [0.25, 0.3) is 0 Å². The molecule has 0 saturated heterocycles. The van der Waals surface area contributed by atoms with Gasteiger partial charge in [-0.1, -0.05) is 25.7 Å². The Balaban J connectivity index is 1.95. The van der Waals surface area contributed by atoms with Crippen molar-refractivity contribution in [1.82, 2.24) is 9.62 Å². The standard InChI is InChI=1S/C15H24N2O4S/c1-22(19,20)17(13-7-4-2-3-5-8-13)12-15(18)16-11-14-9-6-10-21-14/h6,9-10,13H,2-5,7-8,11-12H2,1H3,(H,16,18). The van der Waals surface area contributed by atoms with E-state index in [2.05, 4.69) is 5.32 Å². The molecule has 0 aromatic carbocycles. The van der Waals surface area contributed by atoms with Crippen LogP contribution in [-0.2, 0) is 21.4 Å². The summed E-state index contributed by atoms with van der Waals surface area (Å²) in [4.78, 5) is 12.1. The predicted octanol–water partition coefficient (Wildman–Crippen LogP) is 1.88. The molecular weight excluding hydrogens is 304 g/mol. The number of sulfonamides is 1. The molecule has 0 unspecified atom stereocenters. The number of rotatable bonds is 6. The molecule has 1 N–H and O–H groups in total. The molecule has 1 heterocycles. The summed E-state index contributed by atoms with van der Waals surface area (Å²) in [7, 11) is -3.40. The van der Waals surface area contributed by atoms with Gasteiger partial charge in [0.05, 0.1) is 25.6 Å². The number of nitrogens with one attached hydrogen (secondary N) is 1. The van der Waals surface area contributed by atoms with Crippen molar-refractivity contribution in [3.05, 3.63) is 24.2 Å². The lowest BCUT2D eigenvalue weighted by atomic mass is 10.1. The van der Waals surface area contributed by atoms with Gasteiger partial charge >= 0.3 is 0 Å². The second kappa shape index (κ2) is 7.78. The largest absolute Gasteiger partial charge is 0.467 e. The van der Waals surface area contributed by atoms with Crippen LogP contribution in [0, 0.1) is 0 Å². The number of hydrogen-bond donors (Lipinski definition) is 1. The molecule has 1 saturated carbocycles. The summed E-state index contributed by atoms with van der Waals surface area (Å²) in [5.41, 5.74) is 0. The van der Waals surface area contributed by atoms with E-state index in [-0.39, 0.29) is 25.0 Å². The second-order valence-electron chi connectivity index (χ2n) is 5.81. The Labute approximate surface area is 131 Å². The van der Waals surface area contributed by atoms with Crippen LogP contribution in [0.1, 0.15) is 44.3 Å². The Kier molecular flexibility index (Phi) is 6.02. The Bertz CT molecular complexity index is 560. The minimum absolute atomic E-state index is 0.0631. The Hall–Kier alpha value is -1.34. The minimum atomic E-state index is -3.40. The molecule has 1 aromatic heterocycles. The smallest absolute Gasteiger partial charge is 0.235 e. The fourth-order valence-corrected chi connectivity index (χ4v) is 3.96. The molecule has 1 fully saturated rings. The highest BCUT2D eigenvalue weighted by atomic mass is 32.2. The van der Waals surface area contributed by atoms with Crippen LogP contribution in [0.4, 0.5) is 0 Å². The quantitative estimate of drug-likeness (QED) is 0.809. The maximum atomic E-state index is 12.1. The predicted molar refractivity (Wildman–Crippen MR) is 83.6 cm³/mol. The topological polar surface area (TPSA) is 79.6 Å². The van der Waals surface area contributed by atoms with Crippen molar-refractivity contribution >= 4 is 15.9 Å². The maximum absolute atomic E-state index is 12.1. The van der Waals surface area contributed by atoms with Crippen molar-refractivity contribution in [2.24, 2.45) is 0 Å². The third-order valence-corrected chi connectivity index (χ3v) is 5.28. The Morgan fingerprint density at radius 1 is 1.32 bits per heavy atom. The molecular formula is C15H24N2O4S. The first-order chi connectivity index (χ1) is 10.5. The highest BCUT2D eigenvalue weighted by molar-refractivity contribution is 7.88. The van der Waals surface area contributed by atoms with Crippen LogP contribution in [0.3, 0.4) is 0 Å². The third-order valence-electron chi connectivity index (χ3n) is 4.00. The van der Waals surface area contributed by atoms with Crippen LogP contribution >= 0.6 is 0 Å². The normalized spacial score (nSPS) is 17.4. The molecule has 6 nitrogen and oxygen atoms in total. The first kappa shape index (κ1) is 17.0. The summed E-state index contributed by atoms with van der Waals surface area (Å²) >= 11 is 0. The van der Waals surface area contributed by atoms with Crippen molar-refractivity contribution in [2.75, 3.05) is 12.8 Å². The zero-order chi connectivity index (χ0) is 16.0. The van der Waals surface area contributed by atoms with E-state index in [9.17, 15) is 13.2 Å². The zero-order valence-electron chi connectivity index (χ0n) is 13.0. The highest BCUT2D eigenvalue weighted by Crippen LogP contribution is 2.23. The number of carbonyl (C=O) groups excluding carboxylic acids is 1. The van der Waals surface area contributed by atoms with Gasteiger partial charge in [-0.05, 0) is 25.0 Å². The van der Waals surface area contributed by atoms with Gasteiger partial charge in [0.1, 0.15) is 5.76 Å². The molecule has 0 radical (unpaired) electrons. The van der Waals surface area contributed by atoms with Gasteiger partial charge in [-0.15, -0.1) is 0 Å². The summed E-state index contributed by atoms with van der Waals surface area (Å²) in [5.74, 6) is 0.347. The average molecular weight is 328 g/mol. The SMILES string of the molecule is CS(=O)(=O)N(CC(=O)NCc1ccco1)C1CCCCCC1. The lowest BCUT2D eigenvalue weighted by Gasteiger charge is -2.28. The number of furan rings is 1. The number of carbonyl (C=O) groups is 1. The van der Waals surface area contributed by atoms with E-state index in [1.807, 2.05) is 0 Å². The first-order valence-electron chi connectivity index (χ1n) is 7.73. The van der Waals surface area contributed by atoms with Crippen molar-refractivity contribution in [3.8, 4) is 0 Å². The zero-order valence-corrected chi connectivity index (χ0v) is 13.8. The van der Waals surface area contributed by atoms with E-state index in [1.165, 1.54) is 16.8 Å². The van der Waals surface area contributed by atoms with Gasteiger partial charge in [-0.25, -0.2) is 8.42 Å². The van der Waals surface area contributed by atoms with Crippen LogP contribution < -0.4 is 5.32 Å². The summed E-state index contributed by atoms with van der Waals surface area (Å²) < 4.78 is 30.6. The monoisotopic (exact) mass is 328 g/mol. The molecule has 0 aliphatic heterocycles. The molecule has 124 valence electrons. The molecule has 2 rings (SSSR count). The van der Waals surface area contributed by atoms with Crippen molar-refractivity contribution in [1.29, 1.82) is 0 Å². The molecule has 7 heteroatoms. The van der Waals surface area contributed by atoms with Crippen LogP contribution in [0.5, 0.6) is 0 Å². The molecule has 1 amide bonds. The maximum Gasteiger partial charge on any atom is 0.235 e. The van der Waals surface area contributed by atoms with Crippen LogP contribution in [-0.4, -0.2) is 37.5 Å². The second-order valence-corrected chi connectivity index (χ2v) is 7.74. The molecule has 1 aromatic rings. The molecule has 0 spiro atoms. The molecule has 0 atom stereocenters. The third kappa shape index (κ3) is 5.14. The highest BCUT2D eigenvalue weighted by Gasteiger charge is 2.29. The van der Waals surface area contributed by atoms with Gasteiger partial charge in [0.25, 0.3) is 0 Å². The lowest BCUT2D eigenvalue weighted by Crippen LogP contribution is -2.45. The molecule has 1 aliphatic carbocycles. The average Bonchev–Trinajstić information content (AvgIpc) is 2.83. The summed E-state index contributed by atoms with van der Waals surface area (Å²) in [6.45, 7) is 0.151. The van der Waals surface area contributed by atoms with E-state index in [4.69, 9.17) is 4.42 Å². The van der Waals surface area contributed by atoms with Crippen molar-refractivity contribution in [2.45, 2.75) is 51.1 Å². The first-order valence-corrected chi connectivity index (χ1v) is 9.57. The van der Waals surface area contributed by atoms with Gasteiger partial charge in [0.15, 0.2) is 0 Å². The van der Waals surface area contributed by atoms with E-state index in [0.29, 0.717) is 5.76 Å². The van der Waals surface area contributed by atoms with E-state index < -0.39 is 10.0 Å². The van der Waals surface area contributed by atoms with Crippen LogP contribution in [0.2, 0.25) is 0 Å². The lowest BCUT2D eigenvalue weighted by molar-refractivity contribution is -0.121. The van der Waals surface area contributed by atoms with E-state index >= 15 is 0 Å². The van der Waals surface area contributed by atoms with Crippen LogP contribution in [0.15, 0.2) is 22.8 Å². The fourth-order valence-electron chi connectivity index (χ4n) is 2.86. The van der Waals surface area contributed by atoms with Gasteiger partial charge < -0.3 is 9.73 Å². The molecule has 0 bridgehead atoms. The van der Waals surface area contributed by atoms with Gasteiger partial charge in [0.2, 0.25) is 15.9 Å².